The van der Waals surface area contributed by atoms with E-state index in [1.54, 1.807) is 0 Å². The Bertz CT molecular complexity index is 351. The van der Waals surface area contributed by atoms with Gasteiger partial charge in [-0.3, -0.25) is 0 Å². The van der Waals surface area contributed by atoms with Gasteiger partial charge in [0.05, 0.1) is 0 Å². The Labute approximate surface area is 115 Å². The van der Waals surface area contributed by atoms with Crippen LogP contribution in [0.5, 0.6) is 0 Å². The first-order valence-corrected chi connectivity index (χ1v) is 8.52. The lowest BCUT2D eigenvalue weighted by molar-refractivity contribution is -0.111. The van der Waals surface area contributed by atoms with Crippen LogP contribution in [0.15, 0.2) is 0 Å². The summed E-state index contributed by atoms with van der Waals surface area (Å²) in [6.45, 7) is 0. The molecule has 0 N–H and O–H groups in total. The minimum atomic E-state index is -2.35. The first-order chi connectivity index (χ1) is 9.14. The zero-order valence-corrected chi connectivity index (χ0v) is 11.8. The van der Waals surface area contributed by atoms with E-state index in [2.05, 4.69) is 0 Å². The summed E-state index contributed by atoms with van der Waals surface area (Å²) in [5.41, 5.74) is 0. The van der Waals surface area contributed by atoms with Crippen molar-refractivity contribution in [1.29, 1.82) is 0 Å². The molecule has 0 aliphatic heterocycles. The van der Waals surface area contributed by atoms with Gasteiger partial charge in [0.1, 0.15) is 0 Å². The molecule has 0 saturated heterocycles. The Morgan fingerprint density at radius 3 is 2.11 bits per heavy atom. The molecule has 4 aliphatic carbocycles. The van der Waals surface area contributed by atoms with Crippen LogP contribution in [-0.2, 0) is 0 Å². The smallest absolute Gasteiger partial charge is 0.207 e. The summed E-state index contributed by atoms with van der Waals surface area (Å²) in [7, 11) is 0. The highest BCUT2D eigenvalue weighted by molar-refractivity contribution is 5.00. The predicted molar refractivity (Wildman–Crippen MR) is 72.1 cm³/mol. The van der Waals surface area contributed by atoms with E-state index in [1.807, 2.05) is 0 Å². The van der Waals surface area contributed by atoms with Crippen molar-refractivity contribution in [3.05, 3.63) is 0 Å². The summed E-state index contributed by atoms with van der Waals surface area (Å²) in [5, 5.41) is 0. The number of fused-ring (bicyclic) bond motifs is 5. The van der Waals surface area contributed by atoms with Crippen LogP contribution < -0.4 is 0 Å². The number of hydrogen-bond donors (Lipinski definition) is 0. The second-order valence-corrected chi connectivity index (χ2v) is 7.86. The topological polar surface area (TPSA) is 0 Å². The Hall–Kier alpha value is -0.140. The first kappa shape index (κ1) is 12.6. The highest BCUT2D eigenvalue weighted by atomic mass is 19.3. The maximum atomic E-state index is 13.6. The highest BCUT2D eigenvalue weighted by Crippen LogP contribution is 2.59. The van der Waals surface area contributed by atoms with E-state index in [9.17, 15) is 8.78 Å². The fraction of sp³-hybridized carbons (Fsp3) is 1.00. The van der Waals surface area contributed by atoms with Gasteiger partial charge in [0.15, 0.2) is 0 Å². The Kier molecular flexibility index (Phi) is 2.93. The van der Waals surface area contributed by atoms with E-state index < -0.39 is 5.92 Å². The SMILES string of the molecule is FC1(F)CCC2C(CCC3C2CCC2CCC[C@H]23)C1. The van der Waals surface area contributed by atoms with Gasteiger partial charge in [-0.15, -0.1) is 0 Å². The number of hydrogen-bond acceptors (Lipinski definition) is 0. The van der Waals surface area contributed by atoms with Crippen molar-refractivity contribution in [2.75, 3.05) is 0 Å². The van der Waals surface area contributed by atoms with Gasteiger partial charge < -0.3 is 0 Å². The molecule has 4 fully saturated rings. The highest BCUT2D eigenvalue weighted by Gasteiger charge is 2.52. The minimum absolute atomic E-state index is 0.172. The average Bonchev–Trinajstić information content (AvgIpc) is 2.85. The van der Waals surface area contributed by atoms with Crippen molar-refractivity contribution < 1.29 is 8.78 Å². The molecule has 0 spiro atoms. The molecule has 0 aromatic carbocycles. The fourth-order valence-electron chi connectivity index (χ4n) is 6.42. The van der Waals surface area contributed by atoms with E-state index in [0.717, 1.165) is 36.5 Å². The van der Waals surface area contributed by atoms with Gasteiger partial charge >= 0.3 is 0 Å². The monoisotopic (exact) mass is 268 g/mol. The predicted octanol–water partition coefficient (Wildman–Crippen LogP) is 5.27. The molecule has 0 bridgehead atoms. The molecule has 0 nitrogen and oxygen atoms in total. The van der Waals surface area contributed by atoms with Crippen LogP contribution in [0.2, 0.25) is 0 Å². The summed E-state index contributed by atoms with van der Waals surface area (Å²) in [4.78, 5) is 0. The molecule has 6 atom stereocenters. The Morgan fingerprint density at radius 1 is 0.632 bits per heavy atom. The second kappa shape index (κ2) is 4.43. The molecule has 4 aliphatic rings. The summed E-state index contributed by atoms with van der Waals surface area (Å²) >= 11 is 0. The Morgan fingerprint density at radius 2 is 1.32 bits per heavy atom. The third kappa shape index (κ3) is 2.05. The molecule has 0 radical (unpaired) electrons. The van der Waals surface area contributed by atoms with Crippen LogP contribution >= 0.6 is 0 Å². The summed E-state index contributed by atoms with van der Waals surface area (Å²) in [5.74, 6) is 2.36. The fourth-order valence-corrected chi connectivity index (χ4v) is 6.42. The third-order valence-electron chi connectivity index (χ3n) is 7.12. The molecule has 19 heavy (non-hydrogen) atoms. The lowest BCUT2D eigenvalue weighted by atomic mass is 9.53. The molecule has 4 saturated carbocycles. The molecule has 4 rings (SSSR count). The standard InChI is InChI=1S/C17H26F2/c18-17(19)9-8-14-12(10-17)5-7-15-13-3-1-2-11(13)4-6-16(14)15/h11-16H,1-10H2/t11?,12?,13-,14?,15?,16?/m1/s1. The largest absolute Gasteiger partial charge is 0.248 e. The van der Waals surface area contributed by atoms with E-state index in [-0.39, 0.29) is 12.8 Å². The van der Waals surface area contributed by atoms with Crippen LogP contribution in [0.3, 0.4) is 0 Å². The van der Waals surface area contributed by atoms with Crippen molar-refractivity contribution in [2.24, 2.45) is 35.5 Å². The van der Waals surface area contributed by atoms with E-state index in [1.165, 1.54) is 38.5 Å². The molecule has 0 aromatic heterocycles. The normalized spacial score (nSPS) is 52.1. The quantitative estimate of drug-likeness (QED) is 0.561. The summed E-state index contributed by atoms with van der Waals surface area (Å²) in [6.07, 6.45) is 10.7. The maximum absolute atomic E-state index is 13.6. The van der Waals surface area contributed by atoms with Gasteiger partial charge in [0.2, 0.25) is 5.92 Å². The van der Waals surface area contributed by atoms with Crippen molar-refractivity contribution in [1.82, 2.24) is 0 Å². The second-order valence-electron chi connectivity index (χ2n) is 7.86. The van der Waals surface area contributed by atoms with Crippen LogP contribution in [-0.4, -0.2) is 5.92 Å². The molecule has 108 valence electrons. The van der Waals surface area contributed by atoms with Crippen molar-refractivity contribution >= 4 is 0 Å². The van der Waals surface area contributed by atoms with Crippen LogP contribution in [0, 0.1) is 35.5 Å². The van der Waals surface area contributed by atoms with Crippen LogP contribution in [0.4, 0.5) is 8.78 Å². The van der Waals surface area contributed by atoms with Gasteiger partial charge in [0, 0.05) is 12.8 Å². The van der Waals surface area contributed by atoms with Gasteiger partial charge in [-0.05, 0) is 74.0 Å². The molecular weight excluding hydrogens is 242 g/mol. The number of halogens is 2. The van der Waals surface area contributed by atoms with Gasteiger partial charge in [-0.2, -0.15) is 0 Å². The van der Waals surface area contributed by atoms with Crippen molar-refractivity contribution in [3.8, 4) is 0 Å². The number of alkyl halides is 2. The van der Waals surface area contributed by atoms with Crippen molar-refractivity contribution in [2.45, 2.75) is 70.1 Å². The lowest BCUT2D eigenvalue weighted by Gasteiger charge is -2.52. The average molecular weight is 268 g/mol. The molecular formula is C17H26F2. The van der Waals surface area contributed by atoms with Crippen LogP contribution in [0.1, 0.15) is 64.2 Å². The minimum Gasteiger partial charge on any atom is -0.207 e. The zero-order valence-electron chi connectivity index (χ0n) is 11.8. The number of rotatable bonds is 0. The van der Waals surface area contributed by atoms with Gasteiger partial charge in [-0.1, -0.05) is 12.8 Å². The maximum Gasteiger partial charge on any atom is 0.248 e. The molecule has 0 amide bonds. The molecule has 5 unspecified atom stereocenters. The summed E-state index contributed by atoms with van der Waals surface area (Å²) in [6, 6.07) is 0. The molecule has 0 heterocycles. The third-order valence-corrected chi connectivity index (χ3v) is 7.12. The van der Waals surface area contributed by atoms with E-state index in [0.29, 0.717) is 11.8 Å². The lowest BCUT2D eigenvalue weighted by Crippen LogP contribution is -2.46. The Balaban J connectivity index is 1.53. The zero-order chi connectivity index (χ0) is 13.0. The van der Waals surface area contributed by atoms with Gasteiger partial charge in [0.25, 0.3) is 0 Å². The summed E-state index contributed by atoms with van der Waals surface area (Å²) < 4.78 is 27.2. The first-order valence-electron chi connectivity index (χ1n) is 8.52. The van der Waals surface area contributed by atoms with Gasteiger partial charge in [-0.25, -0.2) is 8.78 Å². The van der Waals surface area contributed by atoms with Crippen molar-refractivity contribution in [3.63, 3.8) is 0 Å². The van der Waals surface area contributed by atoms with Crippen LogP contribution in [0.25, 0.3) is 0 Å². The van der Waals surface area contributed by atoms with E-state index in [4.69, 9.17) is 0 Å². The molecule has 0 aromatic rings. The molecule has 2 heteroatoms. The van der Waals surface area contributed by atoms with E-state index >= 15 is 0 Å².